The molecule has 0 saturated carbocycles. The minimum atomic E-state index is 1.02. The van der Waals surface area contributed by atoms with Gasteiger partial charge >= 0.3 is 0 Å². The van der Waals surface area contributed by atoms with Gasteiger partial charge in [0.2, 0.25) is 0 Å². The number of aryl methyl sites for hydroxylation is 1. The summed E-state index contributed by atoms with van der Waals surface area (Å²) in [7, 11) is 3.49. The molecule has 1 aromatic rings. The minimum absolute atomic E-state index is 1.02. The molecule has 3 heteroatoms. The molecule has 0 aliphatic carbocycles. The van der Waals surface area contributed by atoms with Crippen molar-refractivity contribution in [2.75, 3.05) is 7.11 Å². The van der Waals surface area contributed by atoms with Gasteiger partial charge in [-0.1, -0.05) is 5.16 Å². The van der Waals surface area contributed by atoms with E-state index in [1.165, 1.54) is 7.11 Å². The van der Waals surface area contributed by atoms with Crippen molar-refractivity contribution < 1.29 is 9.40 Å². The van der Waals surface area contributed by atoms with Crippen LogP contribution in [0.1, 0.15) is 5.56 Å². The van der Waals surface area contributed by atoms with Crippen LogP contribution in [0.15, 0.2) is 29.7 Å². The Kier molecular flexibility index (Phi) is 2.60. The Labute approximate surface area is 65.9 Å². The number of aromatic nitrogens is 1. The first-order chi connectivity index (χ1) is 5.33. The lowest BCUT2D eigenvalue weighted by atomic mass is 10.3. The molecule has 0 spiro atoms. The van der Waals surface area contributed by atoms with Gasteiger partial charge in [-0.15, -0.1) is 0 Å². The minimum Gasteiger partial charge on any atom is -0.399 e. The summed E-state index contributed by atoms with van der Waals surface area (Å²) in [6.07, 6.45) is 5.59. The van der Waals surface area contributed by atoms with Crippen LogP contribution in [0.3, 0.4) is 0 Å². The Bertz CT molecular complexity index is 258. The lowest BCUT2D eigenvalue weighted by Gasteiger charge is -1.88. The van der Waals surface area contributed by atoms with Gasteiger partial charge in [0.15, 0.2) is 12.4 Å². The average molecular weight is 151 g/mol. The van der Waals surface area contributed by atoms with Crippen molar-refractivity contribution in [2.45, 2.75) is 0 Å². The van der Waals surface area contributed by atoms with Crippen molar-refractivity contribution in [3.05, 3.63) is 30.1 Å². The Morgan fingerprint density at radius 2 is 2.45 bits per heavy atom. The molecule has 0 N–H and O–H groups in total. The van der Waals surface area contributed by atoms with E-state index >= 15 is 0 Å². The largest absolute Gasteiger partial charge is 0.399 e. The first kappa shape index (κ1) is 7.72. The molecule has 0 radical (unpaired) electrons. The highest BCUT2D eigenvalue weighted by molar-refractivity contribution is 5.77. The highest BCUT2D eigenvalue weighted by Gasteiger charge is 1.92. The summed E-state index contributed by atoms with van der Waals surface area (Å²) >= 11 is 0. The van der Waals surface area contributed by atoms with Gasteiger partial charge in [0.05, 0.1) is 11.8 Å². The fourth-order valence-electron chi connectivity index (χ4n) is 0.801. The average Bonchev–Trinajstić information content (AvgIpc) is 2.01. The van der Waals surface area contributed by atoms with E-state index in [0.29, 0.717) is 0 Å². The van der Waals surface area contributed by atoms with E-state index in [9.17, 15) is 0 Å². The molecule has 0 aliphatic rings. The molecule has 11 heavy (non-hydrogen) atoms. The molecule has 0 bridgehead atoms. The number of hydrogen-bond acceptors (Lipinski definition) is 2. The van der Waals surface area contributed by atoms with Gasteiger partial charge in [0.25, 0.3) is 0 Å². The van der Waals surface area contributed by atoms with Gasteiger partial charge in [-0.3, -0.25) is 0 Å². The van der Waals surface area contributed by atoms with Gasteiger partial charge in [-0.05, 0) is 6.07 Å². The molecule has 0 fully saturated rings. The molecular formula is C8H11N2O+. The van der Waals surface area contributed by atoms with Crippen molar-refractivity contribution >= 4 is 6.21 Å². The number of pyridine rings is 1. The monoisotopic (exact) mass is 151 g/mol. The Morgan fingerprint density at radius 3 is 3.09 bits per heavy atom. The first-order valence-electron chi connectivity index (χ1n) is 3.35. The SMILES string of the molecule is CO/N=C/c1ccc[n+](C)c1. The Morgan fingerprint density at radius 1 is 1.64 bits per heavy atom. The molecule has 58 valence electrons. The fourth-order valence-corrected chi connectivity index (χ4v) is 0.801. The van der Waals surface area contributed by atoms with E-state index in [4.69, 9.17) is 0 Å². The molecule has 0 aliphatic heterocycles. The van der Waals surface area contributed by atoms with Crippen LogP contribution in [0.4, 0.5) is 0 Å². The highest BCUT2D eigenvalue weighted by atomic mass is 16.6. The zero-order chi connectivity index (χ0) is 8.10. The van der Waals surface area contributed by atoms with Gasteiger partial charge in [-0.25, -0.2) is 4.57 Å². The van der Waals surface area contributed by atoms with Crippen LogP contribution in [0, 0.1) is 0 Å². The molecule has 0 atom stereocenters. The summed E-state index contributed by atoms with van der Waals surface area (Å²) in [5, 5.41) is 3.64. The Hall–Kier alpha value is -1.38. The van der Waals surface area contributed by atoms with E-state index in [2.05, 4.69) is 9.99 Å². The van der Waals surface area contributed by atoms with Crippen molar-refractivity contribution in [1.82, 2.24) is 0 Å². The maximum atomic E-state index is 4.55. The van der Waals surface area contributed by atoms with Gasteiger partial charge in [-0.2, -0.15) is 0 Å². The zero-order valence-corrected chi connectivity index (χ0v) is 6.69. The fraction of sp³-hybridized carbons (Fsp3) is 0.250. The number of oxime groups is 1. The topological polar surface area (TPSA) is 25.5 Å². The molecular weight excluding hydrogens is 140 g/mol. The molecule has 1 aromatic heterocycles. The first-order valence-corrected chi connectivity index (χ1v) is 3.35. The molecule has 0 aromatic carbocycles. The number of hydrogen-bond donors (Lipinski definition) is 0. The smallest absolute Gasteiger partial charge is 0.177 e. The standard InChI is InChI=1S/C8H11N2O/c1-10-5-3-4-8(7-10)6-9-11-2/h3-7H,1-2H3/q+1/b9-6+. The predicted molar refractivity (Wildman–Crippen MR) is 42.2 cm³/mol. The summed E-state index contributed by atoms with van der Waals surface area (Å²) < 4.78 is 1.96. The van der Waals surface area contributed by atoms with Crippen molar-refractivity contribution in [3.8, 4) is 0 Å². The third-order valence-corrected chi connectivity index (χ3v) is 1.27. The summed E-state index contributed by atoms with van der Waals surface area (Å²) in [5.41, 5.74) is 1.02. The maximum Gasteiger partial charge on any atom is 0.177 e. The second-order valence-electron chi connectivity index (χ2n) is 2.22. The van der Waals surface area contributed by atoms with Crippen molar-refractivity contribution in [2.24, 2.45) is 12.2 Å². The Balaban J connectivity index is 2.79. The third kappa shape index (κ3) is 2.37. The molecule has 1 rings (SSSR count). The summed E-state index contributed by atoms with van der Waals surface area (Å²) in [4.78, 5) is 4.55. The second-order valence-corrected chi connectivity index (χ2v) is 2.22. The van der Waals surface area contributed by atoms with E-state index in [0.717, 1.165) is 5.56 Å². The molecule has 3 nitrogen and oxygen atoms in total. The van der Waals surface area contributed by atoms with Crippen LogP contribution in [-0.4, -0.2) is 13.3 Å². The summed E-state index contributed by atoms with van der Waals surface area (Å²) in [5.74, 6) is 0. The molecule has 0 saturated heterocycles. The molecule has 1 heterocycles. The van der Waals surface area contributed by atoms with E-state index in [1.54, 1.807) is 6.21 Å². The van der Waals surface area contributed by atoms with Crippen LogP contribution >= 0.6 is 0 Å². The van der Waals surface area contributed by atoms with Crippen LogP contribution < -0.4 is 4.57 Å². The van der Waals surface area contributed by atoms with Crippen LogP contribution in [0.25, 0.3) is 0 Å². The predicted octanol–water partition coefficient (Wildman–Crippen LogP) is 0.491. The van der Waals surface area contributed by atoms with Crippen LogP contribution in [0.2, 0.25) is 0 Å². The number of rotatable bonds is 2. The van der Waals surface area contributed by atoms with Gasteiger partial charge in [0, 0.05) is 6.07 Å². The van der Waals surface area contributed by atoms with Crippen molar-refractivity contribution in [3.63, 3.8) is 0 Å². The van der Waals surface area contributed by atoms with Gasteiger partial charge in [0.1, 0.15) is 14.2 Å². The lowest BCUT2D eigenvalue weighted by molar-refractivity contribution is -0.671. The van der Waals surface area contributed by atoms with Crippen molar-refractivity contribution in [1.29, 1.82) is 0 Å². The summed E-state index contributed by atoms with van der Waals surface area (Å²) in [6.45, 7) is 0. The third-order valence-electron chi connectivity index (χ3n) is 1.27. The molecule has 0 unspecified atom stereocenters. The van der Waals surface area contributed by atoms with Gasteiger partial charge < -0.3 is 4.84 Å². The summed E-state index contributed by atoms with van der Waals surface area (Å²) in [6, 6.07) is 3.92. The van der Waals surface area contributed by atoms with Crippen LogP contribution in [0.5, 0.6) is 0 Å². The van der Waals surface area contributed by atoms with E-state index in [-0.39, 0.29) is 0 Å². The normalized spacial score (nSPS) is 10.4. The van der Waals surface area contributed by atoms with Crippen LogP contribution in [-0.2, 0) is 11.9 Å². The lowest BCUT2D eigenvalue weighted by Crippen LogP contribution is -2.26. The van der Waals surface area contributed by atoms with E-state index < -0.39 is 0 Å². The molecule has 0 amide bonds. The maximum absolute atomic E-state index is 4.55. The number of nitrogens with zero attached hydrogens (tertiary/aromatic N) is 2. The quantitative estimate of drug-likeness (QED) is 0.343. The second kappa shape index (κ2) is 3.71. The zero-order valence-electron chi connectivity index (χ0n) is 6.69. The highest BCUT2D eigenvalue weighted by Crippen LogP contribution is 1.88. The van der Waals surface area contributed by atoms with E-state index in [1.807, 2.05) is 36.1 Å².